The number of hydrogen-bond donors (Lipinski definition) is 3. The van der Waals surface area contributed by atoms with Crippen LogP contribution in [0, 0.1) is 5.41 Å². The normalized spacial score (nSPS) is 19.9. The second-order valence-corrected chi connectivity index (χ2v) is 11.4. The van der Waals surface area contributed by atoms with E-state index in [1.54, 1.807) is 30.5 Å². The van der Waals surface area contributed by atoms with Gasteiger partial charge in [0.05, 0.1) is 24.2 Å². The Morgan fingerprint density at radius 2 is 1.86 bits per heavy atom. The zero-order valence-electron chi connectivity index (χ0n) is 23.3. The molecule has 4 aromatic rings. The van der Waals surface area contributed by atoms with Crippen molar-refractivity contribution in [2.45, 2.75) is 50.7 Å². The van der Waals surface area contributed by atoms with E-state index in [2.05, 4.69) is 20.6 Å². The Balaban J connectivity index is 1.23. The van der Waals surface area contributed by atoms with Crippen LogP contribution in [0.1, 0.15) is 60.3 Å². The Bertz CT molecular complexity index is 1680. The lowest BCUT2D eigenvalue weighted by Crippen LogP contribution is -2.54. The molecule has 2 amide bonds. The fourth-order valence-electron chi connectivity index (χ4n) is 5.67. The number of fused-ring (bicyclic) bond motifs is 1. The maximum Gasteiger partial charge on any atom is 0.416 e. The second kappa shape index (κ2) is 11.0. The average Bonchev–Trinajstić information content (AvgIpc) is 3.37. The number of carbonyl (C=O) groups is 2. The molecule has 0 spiro atoms. The third kappa shape index (κ3) is 5.64. The van der Waals surface area contributed by atoms with Crippen LogP contribution in [0.15, 0.2) is 55.0 Å². The number of halogens is 3. The molecule has 6 rings (SSSR count). The van der Waals surface area contributed by atoms with Gasteiger partial charge in [0.1, 0.15) is 28.7 Å². The lowest BCUT2D eigenvalue weighted by molar-refractivity contribution is -0.158. The molecule has 0 radical (unpaired) electrons. The molecule has 4 heterocycles. The molecule has 13 heteroatoms. The minimum Gasteiger partial charge on any atom is -0.382 e. The molecule has 2 fully saturated rings. The largest absolute Gasteiger partial charge is 0.416 e. The Morgan fingerprint density at radius 1 is 1.09 bits per heavy atom. The molecular formula is C30H30F3N7O3. The maximum absolute atomic E-state index is 13.0. The van der Waals surface area contributed by atoms with Crippen LogP contribution in [-0.2, 0) is 15.7 Å². The molecule has 1 aliphatic carbocycles. The first kappa shape index (κ1) is 28.6. The minimum atomic E-state index is -4.55. The number of nitrogens with zero attached hydrogens (tertiary/aromatic N) is 4. The fraction of sp³-hybridized carbons (Fsp3) is 0.367. The van der Waals surface area contributed by atoms with E-state index in [0.29, 0.717) is 35.8 Å². The molecule has 2 atom stereocenters. The monoisotopic (exact) mass is 593 g/mol. The summed E-state index contributed by atoms with van der Waals surface area (Å²) in [5.74, 6) is 0.384. The van der Waals surface area contributed by atoms with Crippen LogP contribution < -0.4 is 16.4 Å². The maximum atomic E-state index is 13.0. The van der Waals surface area contributed by atoms with Crippen molar-refractivity contribution in [3.05, 3.63) is 71.9 Å². The molecule has 1 saturated carbocycles. The van der Waals surface area contributed by atoms with Gasteiger partial charge in [-0.15, -0.1) is 0 Å². The van der Waals surface area contributed by atoms with E-state index in [-0.39, 0.29) is 29.2 Å². The summed E-state index contributed by atoms with van der Waals surface area (Å²) in [5, 5.41) is 5.63. The van der Waals surface area contributed by atoms with Crippen LogP contribution in [0.4, 0.5) is 24.8 Å². The Labute approximate surface area is 244 Å². The molecule has 2 aliphatic rings. The zero-order valence-corrected chi connectivity index (χ0v) is 23.3. The number of aromatic nitrogens is 4. The predicted molar refractivity (Wildman–Crippen MR) is 152 cm³/mol. The number of rotatable bonds is 6. The average molecular weight is 594 g/mol. The van der Waals surface area contributed by atoms with Gasteiger partial charge in [0.25, 0.3) is 5.91 Å². The number of amides is 2. The number of nitrogen functional groups attached to an aromatic ring is 1. The van der Waals surface area contributed by atoms with Gasteiger partial charge >= 0.3 is 6.18 Å². The quantitative estimate of drug-likeness (QED) is 0.292. The van der Waals surface area contributed by atoms with Gasteiger partial charge in [-0.05, 0) is 50.5 Å². The van der Waals surface area contributed by atoms with Crippen molar-refractivity contribution in [2.75, 3.05) is 24.3 Å². The second-order valence-electron chi connectivity index (χ2n) is 11.4. The molecule has 1 aliphatic heterocycles. The molecule has 0 bridgehead atoms. The first-order valence-corrected chi connectivity index (χ1v) is 14.0. The summed E-state index contributed by atoms with van der Waals surface area (Å²) < 4.78 is 46.3. The van der Waals surface area contributed by atoms with Crippen LogP contribution in [0.25, 0.3) is 16.8 Å². The summed E-state index contributed by atoms with van der Waals surface area (Å²) in [6.45, 7) is 2.77. The van der Waals surface area contributed by atoms with Crippen molar-refractivity contribution in [3.8, 4) is 11.3 Å². The van der Waals surface area contributed by atoms with Crippen molar-refractivity contribution in [1.29, 1.82) is 0 Å². The number of hydrogen-bond acceptors (Lipinski definition) is 7. The van der Waals surface area contributed by atoms with E-state index in [4.69, 9.17) is 15.5 Å². The summed E-state index contributed by atoms with van der Waals surface area (Å²) in [6.07, 6.45) is 3.32. The van der Waals surface area contributed by atoms with Gasteiger partial charge in [0.15, 0.2) is 0 Å². The van der Waals surface area contributed by atoms with Crippen molar-refractivity contribution < 1.29 is 27.5 Å². The van der Waals surface area contributed by atoms with E-state index >= 15 is 0 Å². The van der Waals surface area contributed by atoms with Gasteiger partial charge in [0.2, 0.25) is 5.91 Å². The standard InChI is InChI=1S/C30H30F3N7O3/c1-29(15-43-16-29)28(42)37-21-4-2-3-19(13-21)26-39-23(24-25(34)36-11-12-40(24)26)17-5-7-18(8-6-17)27(41)38-22-14-20(9-10-35-22)30(31,32)33/h5-12,14,19,21H,2-4,13,15-16H2,1H3,(H2,34,36)(H,37,42)(H,35,38,41)/t19-,21+/m0/s1. The first-order chi connectivity index (χ1) is 20.5. The van der Waals surface area contributed by atoms with Gasteiger partial charge in [-0.1, -0.05) is 18.6 Å². The third-order valence-corrected chi connectivity index (χ3v) is 8.12. The third-order valence-electron chi connectivity index (χ3n) is 8.12. The molecule has 1 aromatic carbocycles. The molecule has 224 valence electrons. The number of carbonyl (C=O) groups excluding carboxylic acids is 2. The molecule has 43 heavy (non-hydrogen) atoms. The topological polar surface area (TPSA) is 137 Å². The van der Waals surface area contributed by atoms with Gasteiger partial charge in [-0.25, -0.2) is 15.0 Å². The van der Waals surface area contributed by atoms with Gasteiger partial charge in [0, 0.05) is 41.7 Å². The van der Waals surface area contributed by atoms with Crippen LogP contribution >= 0.6 is 0 Å². The van der Waals surface area contributed by atoms with Crippen molar-refractivity contribution in [2.24, 2.45) is 5.41 Å². The Hall–Kier alpha value is -4.52. The number of nitrogens with one attached hydrogen (secondary N) is 2. The number of alkyl halides is 3. The first-order valence-electron chi connectivity index (χ1n) is 14.0. The summed E-state index contributed by atoms with van der Waals surface area (Å²) in [6, 6.07) is 8.17. The van der Waals surface area contributed by atoms with Crippen LogP contribution in [0.5, 0.6) is 0 Å². The molecule has 4 N–H and O–H groups in total. The SMILES string of the molecule is CC1(C(=O)N[C@@H]2CCC[C@H](c3nc(-c4ccc(C(=O)Nc5cc(C(F)(F)F)ccn5)cc4)c4c(N)nccn34)C2)COC1. The Kier molecular flexibility index (Phi) is 7.28. The number of benzene rings is 1. The highest BCUT2D eigenvalue weighted by Gasteiger charge is 2.42. The Morgan fingerprint density at radius 3 is 2.56 bits per heavy atom. The van der Waals surface area contributed by atoms with E-state index in [9.17, 15) is 22.8 Å². The number of ether oxygens (including phenoxy) is 1. The summed E-state index contributed by atoms with van der Waals surface area (Å²) in [4.78, 5) is 38.7. The number of anilines is 2. The molecule has 3 aromatic heterocycles. The molecule has 1 saturated heterocycles. The minimum absolute atomic E-state index is 0.0134. The predicted octanol–water partition coefficient (Wildman–Crippen LogP) is 4.82. The fourth-order valence-corrected chi connectivity index (χ4v) is 5.67. The van der Waals surface area contributed by atoms with Gasteiger partial charge in [-0.3, -0.25) is 14.0 Å². The molecule has 0 unspecified atom stereocenters. The lowest BCUT2D eigenvalue weighted by atomic mass is 9.83. The smallest absolute Gasteiger partial charge is 0.382 e. The highest BCUT2D eigenvalue weighted by atomic mass is 19.4. The number of imidazole rings is 1. The molecular weight excluding hydrogens is 563 g/mol. The van der Waals surface area contributed by atoms with Gasteiger partial charge < -0.3 is 21.1 Å². The summed E-state index contributed by atoms with van der Waals surface area (Å²) >= 11 is 0. The lowest BCUT2D eigenvalue weighted by Gasteiger charge is -2.38. The zero-order chi connectivity index (χ0) is 30.4. The van der Waals surface area contributed by atoms with Gasteiger partial charge in [-0.2, -0.15) is 13.2 Å². The highest BCUT2D eigenvalue weighted by Crippen LogP contribution is 2.38. The van der Waals surface area contributed by atoms with Crippen LogP contribution in [0.3, 0.4) is 0 Å². The number of nitrogens with two attached hydrogens (primary N) is 1. The van der Waals surface area contributed by atoms with E-state index in [1.165, 1.54) is 0 Å². The summed E-state index contributed by atoms with van der Waals surface area (Å²) in [5.41, 5.74) is 7.08. The number of pyridine rings is 1. The summed E-state index contributed by atoms with van der Waals surface area (Å²) in [7, 11) is 0. The van der Waals surface area contributed by atoms with Crippen molar-refractivity contribution >= 4 is 29.0 Å². The van der Waals surface area contributed by atoms with Crippen molar-refractivity contribution in [1.82, 2.24) is 24.7 Å². The molecule has 10 nitrogen and oxygen atoms in total. The van der Waals surface area contributed by atoms with E-state index in [0.717, 1.165) is 49.8 Å². The van der Waals surface area contributed by atoms with Crippen LogP contribution in [-0.4, -0.2) is 50.4 Å². The van der Waals surface area contributed by atoms with Crippen LogP contribution in [0.2, 0.25) is 0 Å². The van der Waals surface area contributed by atoms with E-state index in [1.807, 2.05) is 17.5 Å². The van der Waals surface area contributed by atoms with E-state index < -0.39 is 23.1 Å². The van der Waals surface area contributed by atoms with Crippen molar-refractivity contribution in [3.63, 3.8) is 0 Å². The highest BCUT2D eigenvalue weighted by molar-refractivity contribution is 6.04.